The lowest BCUT2D eigenvalue weighted by Crippen LogP contribution is -2.05. The number of nitriles is 1. The van der Waals surface area contributed by atoms with Crippen molar-refractivity contribution in [2.45, 2.75) is 6.61 Å². The van der Waals surface area contributed by atoms with E-state index in [4.69, 9.17) is 0 Å². The van der Waals surface area contributed by atoms with Crippen LogP contribution in [0.3, 0.4) is 0 Å². The molecule has 0 amide bonds. The zero-order chi connectivity index (χ0) is 18.5. The predicted molar refractivity (Wildman–Crippen MR) is 94.9 cm³/mol. The summed E-state index contributed by atoms with van der Waals surface area (Å²) >= 11 is 0. The Morgan fingerprint density at radius 3 is 2.38 bits per heavy atom. The van der Waals surface area contributed by atoms with Gasteiger partial charge in [0, 0.05) is 11.1 Å². The zero-order valence-corrected chi connectivity index (χ0v) is 13.5. The number of allylic oxidation sites excluding steroid dienone is 1. The van der Waals surface area contributed by atoms with Crippen molar-refractivity contribution in [3.05, 3.63) is 83.4 Å². The number of fused-ring (bicyclic) bond motifs is 1. The minimum absolute atomic E-state index is 0.0905. The van der Waals surface area contributed by atoms with Gasteiger partial charge in [-0.25, -0.2) is 0 Å². The van der Waals surface area contributed by atoms with Crippen molar-refractivity contribution in [1.82, 2.24) is 0 Å². The molecule has 0 spiro atoms. The number of alkyl halides is 2. The van der Waals surface area contributed by atoms with E-state index in [2.05, 4.69) is 4.74 Å². The Kier molecular flexibility index (Phi) is 5.04. The van der Waals surface area contributed by atoms with Crippen molar-refractivity contribution < 1.29 is 18.3 Å². The number of ketones is 1. The summed E-state index contributed by atoms with van der Waals surface area (Å²) in [5.41, 5.74) is 0.452. The molecule has 128 valence electrons. The fourth-order valence-corrected chi connectivity index (χ4v) is 2.66. The third-order valence-corrected chi connectivity index (χ3v) is 3.84. The van der Waals surface area contributed by atoms with Crippen LogP contribution in [0.4, 0.5) is 8.78 Å². The summed E-state index contributed by atoms with van der Waals surface area (Å²) in [5.74, 6) is -0.573. The zero-order valence-electron chi connectivity index (χ0n) is 13.5. The largest absolute Gasteiger partial charge is 0.434 e. The lowest BCUT2D eigenvalue weighted by molar-refractivity contribution is -0.0498. The van der Waals surface area contributed by atoms with Gasteiger partial charge in [0.2, 0.25) is 5.78 Å². The molecule has 5 heteroatoms. The fourth-order valence-electron chi connectivity index (χ4n) is 2.66. The maximum atomic E-state index is 12.8. The van der Waals surface area contributed by atoms with Crippen molar-refractivity contribution in [1.29, 1.82) is 5.26 Å². The van der Waals surface area contributed by atoms with Gasteiger partial charge >= 0.3 is 6.61 Å². The van der Waals surface area contributed by atoms with Crippen molar-refractivity contribution in [2.24, 2.45) is 0 Å². The van der Waals surface area contributed by atoms with Gasteiger partial charge in [0.15, 0.2) is 0 Å². The molecule has 0 saturated carbocycles. The number of hydrogen-bond acceptors (Lipinski definition) is 3. The quantitative estimate of drug-likeness (QED) is 0.360. The molecule has 3 nitrogen and oxygen atoms in total. The van der Waals surface area contributed by atoms with Crippen LogP contribution < -0.4 is 4.74 Å². The van der Waals surface area contributed by atoms with Crippen LogP contribution in [0.15, 0.2) is 72.3 Å². The lowest BCUT2D eigenvalue weighted by atomic mass is 9.98. The van der Waals surface area contributed by atoms with Crippen molar-refractivity contribution >= 4 is 22.6 Å². The molecule has 26 heavy (non-hydrogen) atoms. The Labute approximate surface area is 148 Å². The molecule has 0 unspecified atom stereocenters. The van der Waals surface area contributed by atoms with Gasteiger partial charge in [-0.15, -0.1) is 0 Å². The smallest absolute Gasteiger partial charge is 0.387 e. The first kappa shape index (κ1) is 17.3. The summed E-state index contributed by atoms with van der Waals surface area (Å²) < 4.78 is 30.1. The van der Waals surface area contributed by atoms with E-state index in [1.54, 1.807) is 48.5 Å². The minimum atomic E-state index is -3.02. The van der Waals surface area contributed by atoms with E-state index >= 15 is 0 Å². The van der Waals surface area contributed by atoms with Gasteiger partial charge in [-0.1, -0.05) is 60.7 Å². The SMILES string of the molecule is N#C/C(=C\c1c(OC(F)F)ccc2ccccc12)C(=O)c1ccccc1. The van der Waals surface area contributed by atoms with Crippen LogP contribution in [0, 0.1) is 11.3 Å². The molecular weight excluding hydrogens is 336 g/mol. The molecule has 0 fully saturated rings. The predicted octanol–water partition coefficient (Wildman–Crippen LogP) is 5.23. The van der Waals surface area contributed by atoms with Gasteiger partial charge in [0.05, 0.1) is 0 Å². The highest BCUT2D eigenvalue weighted by atomic mass is 19.3. The summed E-state index contributed by atoms with van der Waals surface area (Å²) in [4.78, 5) is 12.6. The van der Waals surface area contributed by atoms with E-state index in [0.717, 1.165) is 5.39 Å². The number of hydrogen-bond donors (Lipinski definition) is 0. The van der Waals surface area contributed by atoms with Crippen LogP contribution in [0.1, 0.15) is 15.9 Å². The highest BCUT2D eigenvalue weighted by Crippen LogP contribution is 2.31. The molecule has 3 aromatic rings. The maximum Gasteiger partial charge on any atom is 0.387 e. The first-order chi connectivity index (χ1) is 12.6. The van der Waals surface area contributed by atoms with Gasteiger partial charge in [0.25, 0.3) is 0 Å². The first-order valence-electron chi connectivity index (χ1n) is 7.78. The number of halogens is 2. The maximum absolute atomic E-state index is 12.8. The van der Waals surface area contributed by atoms with Crippen molar-refractivity contribution in [3.8, 4) is 11.8 Å². The van der Waals surface area contributed by atoms with E-state index in [9.17, 15) is 18.8 Å². The lowest BCUT2D eigenvalue weighted by Gasteiger charge is -2.11. The molecule has 3 aromatic carbocycles. The van der Waals surface area contributed by atoms with Gasteiger partial charge < -0.3 is 4.74 Å². The molecule has 0 bridgehead atoms. The number of carbonyl (C=O) groups excluding carboxylic acids is 1. The van der Waals surface area contributed by atoms with E-state index in [1.165, 1.54) is 12.1 Å². The van der Waals surface area contributed by atoms with Gasteiger partial charge in [0.1, 0.15) is 17.4 Å². The molecule has 0 aliphatic rings. The van der Waals surface area contributed by atoms with Gasteiger partial charge in [-0.05, 0) is 22.9 Å². The summed E-state index contributed by atoms with van der Waals surface area (Å²) in [5, 5.41) is 10.8. The number of ether oxygens (including phenoxy) is 1. The summed E-state index contributed by atoms with van der Waals surface area (Å²) in [6, 6.07) is 20.3. The molecule has 0 atom stereocenters. The monoisotopic (exact) mass is 349 g/mol. The number of rotatable bonds is 5. The number of benzene rings is 3. The summed E-state index contributed by atoms with van der Waals surface area (Å²) in [6.07, 6.45) is 1.30. The normalized spacial score (nSPS) is 11.4. The molecule has 0 N–H and O–H groups in total. The summed E-state index contributed by atoms with van der Waals surface area (Å²) in [7, 11) is 0. The third-order valence-electron chi connectivity index (χ3n) is 3.84. The van der Waals surface area contributed by atoms with Crippen LogP contribution >= 0.6 is 0 Å². The number of carbonyl (C=O) groups is 1. The third kappa shape index (κ3) is 3.60. The van der Waals surface area contributed by atoms with Crippen LogP contribution in [0.5, 0.6) is 5.75 Å². The number of Topliss-reactive ketones (excluding diaryl/α,β-unsaturated/α-hetero) is 1. The number of nitrogens with zero attached hydrogens (tertiary/aromatic N) is 1. The highest BCUT2D eigenvalue weighted by Gasteiger charge is 2.16. The second kappa shape index (κ2) is 7.58. The van der Waals surface area contributed by atoms with Crippen LogP contribution in [-0.4, -0.2) is 12.4 Å². The Bertz CT molecular complexity index is 1020. The fraction of sp³-hybridized carbons (Fsp3) is 0.0476. The van der Waals surface area contributed by atoms with Gasteiger partial charge in [-0.2, -0.15) is 14.0 Å². The molecule has 0 aromatic heterocycles. The van der Waals surface area contributed by atoms with E-state index in [1.807, 2.05) is 18.2 Å². The van der Waals surface area contributed by atoms with Crippen molar-refractivity contribution in [3.63, 3.8) is 0 Å². The first-order valence-corrected chi connectivity index (χ1v) is 7.78. The van der Waals surface area contributed by atoms with E-state index in [0.29, 0.717) is 10.9 Å². The Hall–Kier alpha value is -3.52. The Balaban J connectivity index is 2.17. The van der Waals surface area contributed by atoms with Gasteiger partial charge in [-0.3, -0.25) is 4.79 Å². The van der Waals surface area contributed by atoms with Crippen molar-refractivity contribution in [2.75, 3.05) is 0 Å². The van der Waals surface area contributed by atoms with Crippen LogP contribution in [0.25, 0.3) is 16.8 Å². The minimum Gasteiger partial charge on any atom is -0.434 e. The molecule has 0 saturated heterocycles. The average Bonchev–Trinajstić information content (AvgIpc) is 2.67. The molecule has 0 aliphatic carbocycles. The molecule has 0 heterocycles. The van der Waals surface area contributed by atoms with Crippen LogP contribution in [0.2, 0.25) is 0 Å². The topological polar surface area (TPSA) is 50.1 Å². The molecule has 3 rings (SSSR count). The Morgan fingerprint density at radius 2 is 1.69 bits per heavy atom. The molecule has 0 aliphatic heterocycles. The molecular formula is C21H13F2NO2. The average molecular weight is 349 g/mol. The summed E-state index contributed by atoms with van der Waals surface area (Å²) in [6.45, 7) is -3.02. The van der Waals surface area contributed by atoms with E-state index < -0.39 is 12.4 Å². The van der Waals surface area contributed by atoms with E-state index in [-0.39, 0.29) is 16.9 Å². The second-order valence-corrected chi connectivity index (χ2v) is 5.44. The Morgan fingerprint density at radius 1 is 1.00 bits per heavy atom. The van der Waals surface area contributed by atoms with Crippen LogP contribution in [-0.2, 0) is 0 Å². The standard InChI is InChI=1S/C21H13F2NO2/c22-21(23)26-19-11-10-14-6-4-5-9-17(14)18(19)12-16(13-24)20(25)15-7-2-1-3-8-15/h1-12,21H/b16-12+. The second-order valence-electron chi connectivity index (χ2n) is 5.44. The molecule has 0 radical (unpaired) electrons. The highest BCUT2D eigenvalue weighted by molar-refractivity contribution is 6.15.